The van der Waals surface area contributed by atoms with Crippen molar-refractivity contribution in [2.45, 2.75) is 26.2 Å². The molecule has 2 N–H and O–H groups in total. The fourth-order valence-electron chi connectivity index (χ4n) is 2.25. The van der Waals surface area contributed by atoms with Crippen molar-refractivity contribution >= 4 is 23.2 Å². The second-order valence-corrected chi connectivity index (χ2v) is 5.51. The van der Waals surface area contributed by atoms with Crippen LogP contribution in [-0.2, 0) is 5.41 Å². The van der Waals surface area contributed by atoms with Crippen LogP contribution in [0.5, 0.6) is 5.88 Å². The van der Waals surface area contributed by atoms with E-state index < -0.39 is 6.09 Å². The molecule has 1 heterocycles. The molecule has 0 radical (unpaired) electrons. The Kier molecular flexibility index (Phi) is 3.44. The van der Waals surface area contributed by atoms with Crippen LogP contribution in [0.4, 0.5) is 4.79 Å². The average molecular weight is 272 g/mol. The molecule has 0 atom stereocenters. The molecular weight excluding hydrogens is 256 g/mol. The maximum Gasteiger partial charge on any atom is 0.411 e. The van der Waals surface area contributed by atoms with E-state index in [0.717, 1.165) is 16.3 Å². The van der Waals surface area contributed by atoms with E-state index in [4.69, 9.17) is 10.5 Å². The third kappa shape index (κ3) is 2.47. The van der Waals surface area contributed by atoms with Crippen molar-refractivity contribution in [3.8, 4) is 5.88 Å². The van der Waals surface area contributed by atoms with Crippen LogP contribution in [0, 0.1) is 0 Å². The molecule has 0 aliphatic carbocycles. The molecule has 0 fully saturated rings. The van der Waals surface area contributed by atoms with Crippen LogP contribution in [0.25, 0.3) is 10.8 Å². The molecule has 5 nitrogen and oxygen atoms in total. The summed E-state index contributed by atoms with van der Waals surface area (Å²) in [7, 11) is 0. The topological polar surface area (TPSA) is 82.3 Å². The maximum atomic E-state index is 11.2. The number of rotatable bonds is 2. The quantitative estimate of drug-likeness (QED) is 0.852. The second-order valence-electron chi connectivity index (χ2n) is 5.51. The molecule has 5 heteroatoms. The zero-order chi connectivity index (χ0) is 14.9. The van der Waals surface area contributed by atoms with Gasteiger partial charge in [0, 0.05) is 10.9 Å². The Morgan fingerprint density at radius 3 is 2.35 bits per heavy atom. The van der Waals surface area contributed by atoms with E-state index in [1.165, 1.54) is 0 Å². The first-order valence-corrected chi connectivity index (χ1v) is 6.20. The summed E-state index contributed by atoms with van der Waals surface area (Å²) < 4.78 is 4.99. The van der Waals surface area contributed by atoms with Crippen LogP contribution in [0.2, 0.25) is 0 Å². The van der Waals surface area contributed by atoms with E-state index in [1.807, 2.05) is 45.0 Å². The normalized spacial score (nSPS) is 11.3. The highest BCUT2D eigenvalue weighted by atomic mass is 16.6. The first-order chi connectivity index (χ1) is 9.34. The lowest BCUT2D eigenvalue weighted by Crippen LogP contribution is -2.22. The molecule has 104 valence electrons. The third-order valence-corrected chi connectivity index (χ3v) is 2.97. The number of hydrogen-bond acceptors (Lipinski definition) is 4. The van der Waals surface area contributed by atoms with Crippen LogP contribution in [0.15, 0.2) is 24.3 Å². The second kappa shape index (κ2) is 4.92. The minimum absolute atomic E-state index is 0.0887. The van der Waals surface area contributed by atoms with Crippen LogP contribution >= 0.6 is 0 Å². The molecule has 20 heavy (non-hydrogen) atoms. The Labute approximate surface area is 116 Å². The van der Waals surface area contributed by atoms with E-state index in [9.17, 15) is 9.59 Å². The number of nitrogens with two attached hydrogens (primary N) is 1. The van der Waals surface area contributed by atoms with Gasteiger partial charge in [-0.25, -0.2) is 9.78 Å². The monoisotopic (exact) mass is 272 g/mol. The van der Waals surface area contributed by atoms with Gasteiger partial charge in [-0.3, -0.25) is 4.79 Å². The molecule has 1 aromatic carbocycles. The van der Waals surface area contributed by atoms with Crippen molar-refractivity contribution < 1.29 is 14.3 Å². The molecule has 0 aliphatic heterocycles. The standard InChI is InChI=1S/C15H16N2O3/c1-15(2,3)12-10-7-5-4-6-9(10)11(8-18)17-13(12)20-14(16)19/h4-8H,1-3H3,(H2,16,19). The largest absolute Gasteiger partial charge is 0.411 e. The summed E-state index contributed by atoms with van der Waals surface area (Å²) in [4.78, 5) is 26.4. The summed E-state index contributed by atoms with van der Waals surface area (Å²) >= 11 is 0. The Bertz CT molecular complexity index is 687. The van der Waals surface area contributed by atoms with Crippen LogP contribution < -0.4 is 10.5 Å². The number of aromatic nitrogens is 1. The van der Waals surface area contributed by atoms with Gasteiger partial charge in [0.25, 0.3) is 0 Å². The SMILES string of the molecule is CC(C)(C)c1c(OC(N)=O)nc(C=O)c2ccccc12. The van der Waals surface area contributed by atoms with E-state index >= 15 is 0 Å². The van der Waals surface area contributed by atoms with Crippen molar-refractivity contribution in [1.82, 2.24) is 4.98 Å². The lowest BCUT2D eigenvalue weighted by molar-refractivity contribution is 0.111. The van der Waals surface area contributed by atoms with E-state index in [1.54, 1.807) is 0 Å². The van der Waals surface area contributed by atoms with Crippen molar-refractivity contribution in [3.63, 3.8) is 0 Å². The molecule has 0 unspecified atom stereocenters. The fraction of sp³-hybridized carbons (Fsp3) is 0.267. The number of hydrogen-bond donors (Lipinski definition) is 1. The molecule has 1 amide bonds. The van der Waals surface area contributed by atoms with Crippen LogP contribution in [0.3, 0.4) is 0 Å². The first-order valence-electron chi connectivity index (χ1n) is 6.20. The highest BCUT2D eigenvalue weighted by molar-refractivity contribution is 5.99. The zero-order valence-corrected chi connectivity index (χ0v) is 11.6. The van der Waals surface area contributed by atoms with Crippen LogP contribution in [0.1, 0.15) is 36.8 Å². The molecule has 2 rings (SSSR count). The maximum absolute atomic E-state index is 11.2. The number of pyridine rings is 1. The average Bonchev–Trinajstić information content (AvgIpc) is 2.35. The lowest BCUT2D eigenvalue weighted by atomic mass is 9.84. The summed E-state index contributed by atoms with van der Waals surface area (Å²) in [6.45, 7) is 5.93. The lowest BCUT2D eigenvalue weighted by Gasteiger charge is -2.23. The van der Waals surface area contributed by atoms with Gasteiger partial charge >= 0.3 is 6.09 Å². The van der Waals surface area contributed by atoms with Crippen molar-refractivity contribution in [1.29, 1.82) is 0 Å². The minimum Gasteiger partial charge on any atom is -0.391 e. The fourth-order valence-corrected chi connectivity index (χ4v) is 2.25. The molecule has 1 aromatic heterocycles. The van der Waals surface area contributed by atoms with Gasteiger partial charge in [0.05, 0.1) is 0 Å². The molecule has 0 aliphatic rings. The number of nitrogens with zero attached hydrogens (tertiary/aromatic N) is 1. The molecular formula is C15H16N2O3. The number of fused-ring (bicyclic) bond motifs is 1. The van der Waals surface area contributed by atoms with E-state index in [2.05, 4.69) is 4.98 Å². The molecule has 0 bridgehead atoms. The van der Waals surface area contributed by atoms with Gasteiger partial charge in [0.2, 0.25) is 5.88 Å². The Morgan fingerprint density at radius 1 is 1.25 bits per heavy atom. The zero-order valence-electron chi connectivity index (χ0n) is 11.6. The first kappa shape index (κ1) is 14.0. The van der Waals surface area contributed by atoms with Crippen LogP contribution in [-0.4, -0.2) is 17.4 Å². The van der Waals surface area contributed by atoms with Gasteiger partial charge in [-0.15, -0.1) is 0 Å². The predicted octanol–water partition coefficient (Wildman–Crippen LogP) is 2.80. The Balaban J connectivity index is 2.89. The highest BCUT2D eigenvalue weighted by Crippen LogP contribution is 2.37. The van der Waals surface area contributed by atoms with E-state index in [-0.39, 0.29) is 17.0 Å². The summed E-state index contributed by atoms with van der Waals surface area (Å²) in [6, 6.07) is 7.38. The number of benzene rings is 1. The summed E-state index contributed by atoms with van der Waals surface area (Å²) in [5.74, 6) is 0.0887. The summed E-state index contributed by atoms with van der Waals surface area (Å²) in [5, 5.41) is 1.55. The van der Waals surface area contributed by atoms with Crippen molar-refractivity contribution in [2.75, 3.05) is 0 Å². The van der Waals surface area contributed by atoms with Gasteiger partial charge in [0.1, 0.15) is 5.69 Å². The third-order valence-electron chi connectivity index (χ3n) is 2.97. The van der Waals surface area contributed by atoms with E-state index in [0.29, 0.717) is 6.29 Å². The van der Waals surface area contributed by atoms with Gasteiger partial charge in [-0.05, 0) is 10.8 Å². The predicted molar refractivity (Wildman–Crippen MR) is 76.0 cm³/mol. The number of ether oxygens (including phenoxy) is 1. The highest BCUT2D eigenvalue weighted by Gasteiger charge is 2.25. The van der Waals surface area contributed by atoms with Gasteiger partial charge < -0.3 is 10.5 Å². The van der Waals surface area contributed by atoms with Gasteiger partial charge in [0.15, 0.2) is 6.29 Å². The number of aldehydes is 1. The summed E-state index contributed by atoms with van der Waals surface area (Å²) in [6.07, 6.45) is -0.307. The van der Waals surface area contributed by atoms with Crippen molar-refractivity contribution in [2.24, 2.45) is 5.73 Å². The Hall–Kier alpha value is -2.43. The molecule has 0 spiro atoms. The minimum atomic E-state index is -0.949. The smallest absolute Gasteiger partial charge is 0.391 e. The number of carbonyl (C=O) groups is 2. The Morgan fingerprint density at radius 2 is 1.85 bits per heavy atom. The number of carbonyl (C=O) groups excluding carboxylic acids is 2. The number of primary amides is 1. The molecule has 0 saturated heterocycles. The number of amides is 1. The summed E-state index contributed by atoms with van der Waals surface area (Å²) in [5.41, 5.74) is 5.74. The van der Waals surface area contributed by atoms with Gasteiger partial charge in [-0.2, -0.15) is 0 Å². The molecule has 0 saturated carbocycles. The molecule has 2 aromatic rings. The van der Waals surface area contributed by atoms with Gasteiger partial charge in [-0.1, -0.05) is 45.0 Å². The van der Waals surface area contributed by atoms with Crippen molar-refractivity contribution in [3.05, 3.63) is 35.5 Å².